The van der Waals surface area contributed by atoms with Crippen molar-refractivity contribution >= 4 is 22.8 Å². The number of Topliss-reactive ketones (excluding diaryl/α,β-unsaturated/α-hetero) is 1. The number of carbonyl (C=O) groups is 2. The Hall–Kier alpha value is -2.56. The van der Waals surface area contributed by atoms with E-state index in [-0.39, 0.29) is 28.7 Å². The first kappa shape index (κ1) is 21.0. The van der Waals surface area contributed by atoms with Gasteiger partial charge in [0.2, 0.25) is 0 Å². The van der Waals surface area contributed by atoms with E-state index in [1.54, 1.807) is 0 Å². The summed E-state index contributed by atoms with van der Waals surface area (Å²) in [6.45, 7) is 6.26. The van der Waals surface area contributed by atoms with Crippen LogP contribution in [0.5, 0.6) is 0 Å². The highest BCUT2D eigenvalue weighted by Crippen LogP contribution is 2.63. The lowest BCUT2D eigenvalue weighted by atomic mass is 9.45. The Morgan fingerprint density at radius 3 is 2.48 bits per heavy atom. The van der Waals surface area contributed by atoms with Crippen molar-refractivity contribution in [3.8, 4) is 0 Å². The Kier molecular flexibility index (Phi) is 4.59. The molecule has 1 aromatic heterocycles. The zero-order chi connectivity index (χ0) is 23.0. The summed E-state index contributed by atoms with van der Waals surface area (Å²) in [5.41, 5.74) is 4.72. The van der Waals surface area contributed by atoms with Gasteiger partial charge in [-0.1, -0.05) is 37.6 Å². The third kappa shape index (κ3) is 3.04. The van der Waals surface area contributed by atoms with Crippen molar-refractivity contribution in [3.63, 3.8) is 0 Å². The van der Waals surface area contributed by atoms with E-state index >= 15 is 0 Å². The number of esters is 1. The number of para-hydroxylation sites is 2. The molecule has 33 heavy (non-hydrogen) atoms. The number of fused-ring (bicyclic) bond motifs is 8. The number of ketones is 1. The maximum atomic E-state index is 13.3. The highest BCUT2D eigenvalue weighted by atomic mass is 16.5. The molecule has 2 saturated carbocycles. The highest BCUT2D eigenvalue weighted by Gasteiger charge is 2.58. The van der Waals surface area contributed by atoms with Crippen LogP contribution in [-0.2, 0) is 14.9 Å². The van der Waals surface area contributed by atoms with Gasteiger partial charge >= 0.3 is 5.97 Å². The number of rotatable bonds is 1. The van der Waals surface area contributed by atoms with Gasteiger partial charge in [0.1, 0.15) is 11.8 Å². The van der Waals surface area contributed by atoms with Gasteiger partial charge in [0, 0.05) is 25.2 Å². The number of allylic oxidation sites excluding steroid dienone is 1. The fourth-order valence-corrected chi connectivity index (χ4v) is 7.84. The summed E-state index contributed by atoms with van der Waals surface area (Å²) in [6, 6.07) is 7.89. The van der Waals surface area contributed by atoms with Crippen molar-refractivity contribution in [3.05, 3.63) is 47.3 Å². The Morgan fingerprint density at radius 1 is 1.00 bits per heavy atom. The van der Waals surface area contributed by atoms with Gasteiger partial charge < -0.3 is 4.74 Å². The maximum absolute atomic E-state index is 13.3. The third-order valence-electron chi connectivity index (χ3n) is 9.56. The van der Waals surface area contributed by atoms with Gasteiger partial charge in [0.05, 0.1) is 16.7 Å². The molecule has 1 aromatic carbocycles. The summed E-state index contributed by atoms with van der Waals surface area (Å²) in [5.74, 6) is 1.32. The molecule has 0 radical (unpaired) electrons. The predicted molar refractivity (Wildman–Crippen MR) is 126 cm³/mol. The van der Waals surface area contributed by atoms with Gasteiger partial charge in [0.15, 0.2) is 5.78 Å². The molecular weight excluding hydrogens is 412 g/mol. The number of benzene rings is 1. The average molecular weight is 445 g/mol. The molecule has 0 amide bonds. The Morgan fingerprint density at radius 2 is 1.73 bits per heavy atom. The molecular formula is C28H32N2O3. The summed E-state index contributed by atoms with van der Waals surface area (Å²) < 4.78 is 5.57. The second kappa shape index (κ2) is 7.22. The molecule has 0 aliphatic heterocycles. The normalized spacial score (nSPS) is 37.3. The first-order chi connectivity index (χ1) is 15.8. The molecule has 1 heterocycles. The Labute approximate surface area is 195 Å². The number of carbonyl (C=O) groups excluding carboxylic acids is 2. The van der Waals surface area contributed by atoms with Gasteiger partial charge in [-0.05, 0) is 67.4 Å². The van der Waals surface area contributed by atoms with Crippen molar-refractivity contribution in [2.45, 2.75) is 77.2 Å². The van der Waals surface area contributed by atoms with E-state index in [0.717, 1.165) is 55.3 Å². The summed E-state index contributed by atoms with van der Waals surface area (Å²) in [4.78, 5) is 34.7. The lowest BCUT2D eigenvalue weighted by Gasteiger charge is -2.59. The topological polar surface area (TPSA) is 69.2 Å². The Balaban J connectivity index is 1.37. The Bertz CT molecular complexity index is 1200. The second-order valence-electron chi connectivity index (χ2n) is 11.2. The zero-order valence-electron chi connectivity index (χ0n) is 19.8. The molecule has 6 atom stereocenters. The van der Waals surface area contributed by atoms with Crippen molar-refractivity contribution in [2.75, 3.05) is 0 Å². The number of nitrogens with zero attached hydrogens (tertiary/aromatic N) is 2. The van der Waals surface area contributed by atoms with E-state index < -0.39 is 0 Å². The highest BCUT2D eigenvalue weighted by molar-refractivity contribution is 5.98. The molecule has 2 fully saturated rings. The maximum Gasteiger partial charge on any atom is 0.302 e. The fraction of sp³-hybridized carbons (Fsp3) is 0.571. The molecule has 0 N–H and O–H groups in total. The molecule has 5 heteroatoms. The van der Waals surface area contributed by atoms with Gasteiger partial charge in [-0.15, -0.1) is 0 Å². The van der Waals surface area contributed by atoms with Crippen LogP contribution < -0.4 is 0 Å². The molecule has 2 aromatic rings. The van der Waals surface area contributed by atoms with Crippen LogP contribution in [0.1, 0.15) is 81.9 Å². The molecule has 0 bridgehead atoms. The number of hydrogen-bond donors (Lipinski definition) is 0. The molecule has 4 aliphatic rings. The van der Waals surface area contributed by atoms with Crippen LogP contribution in [0.2, 0.25) is 0 Å². The van der Waals surface area contributed by atoms with Gasteiger partial charge in [0.25, 0.3) is 0 Å². The zero-order valence-corrected chi connectivity index (χ0v) is 19.8. The minimum absolute atomic E-state index is 0.0129. The van der Waals surface area contributed by atoms with Crippen molar-refractivity contribution < 1.29 is 14.3 Å². The fourth-order valence-electron chi connectivity index (χ4n) is 7.84. The van der Waals surface area contributed by atoms with Crippen LogP contribution >= 0.6 is 0 Å². The molecule has 5 nitrogen and oxygen atoms in total. The minimum atomic E-state index is -0.181. The van der Waals surface area contributed by atoms with E-state index in [1.807, 2.05) is 24.3 Å². The summed E-state index contributed by atoms with van der Waals surface area (Å²) in [5, 5.41) is 0. The lowest BCUT2D eigenvalue weighted by Crippen LogP contribution is -2.54. The van der Waals surface area contributed by atoms with Crippen LogP contribution in [0.4, 0.5) is 0 Å². The lowest BCUT2D eigenvalue weighted by molar-refractivity contribution is -0.148. The molecule has 4 aliphatic carbocycles. The van der Waals surface area contributed by atoms with E-state index in [2.05, 4.69) is 19.9 Å². The van der Waals surface area contributed by atoms with E-state index in [1.165, 1.54) is 12.5 Å². The van der Waals surface area contributed by atoms with E-state index in [4.69, 9.17) is 14.7 Å². The smallest absolute Gasteiger partial charge is 0.302 e. The standard InChI is InChI=1S/C28H32N2O3/c1-16(31)33-18-10-12-27(2)17(14-18)8-9-19-20(27)11-13-28(3)21(19)15-24(32)25-26(28)30-23-7-5-4-6-22(23)29-25/h4-8,18-21H,9-15H2,1-3H3/t18-,19+,20-,21-,27-,28-/m0/s1. The van der Waals surface area contributed by atoms with Gasteiger partial charge in [-0.25, -0.2) is 9.97 Å². The van der Waals surface area contributed by atoms with Gasteiger partial charge in [-0.2, -0.15) is 0 Å². The summed E-state index contributed by atoms with van der Waals surface area (Å²) in [6.07, 6.45) is 9.05. The first-order valence-electron chi connectivity index (χ1n) is 12.5. The predicted octanol–water partition coefficient (Wildman–Crippen LogP) is 5.57. The third-order valence-corrected chi connectivity index (χ3v) is 9.56. The summed E-state index contributed by atoms with van der Waals surface area (Å²) >= 11 is 0. The second-order valence-corrected chi connectivity index (χ2v) is 11.2. The number of ether oxygens (including phenoxy) is 1. The minimum Gasteiger partial charge on any atom is -0.462 e. The van der Waals surface area contributed by atoms with Gasteiger partial charge in [-0.3, -0.25) is 9.59 Å². The average Bonchev–Trinajstić information content (AvgIpc) is 2.79. The van der Waals surface area contributed by atoms with E-state index in [9.17, 15) is 9.59 Å². The molecule has 0 unspecified atom stereocenters. The van der Waals surface area contributed by atoms with Crippen molar-refractivity contribution in [2.24, 2.45) is 23.2 Å². The van der Waals surface area contributed by atoms with Crippen molar-refractivity contribution in [1.29, 1.82) is 0 Å². The van der Waals surface area contributed by atoms with Crippen LogP contribution in [0.15, 0.2) is 35.9 Å². The SMILES string of the molecule is CC(=O)O[C@H]1CC[C@@]2(C)C(=CC[C@@H]3[C@@H]2CC[C@]2(C)c4nc5ccccc5nc4C(=O)C[C@@H]32)C1. The quantitative estimate of drug-likeness (QED) is 0.425. The van der Waals surface area contributed by atoms with Crippen LogP contribution in [0.3, 0.4) is 0 Å². The molecule has 172 valence electrons. The molecule has 0 spiro atoms. The first-order valence-corrected chi connectivity index (χ1v) is 12.5. The van der Waals surface area contributed by atoms with Crippen LogP contribution in [0, 0.1) is 23.2 Å². The number of aromatic nitrogens is 2. The molecule has 0 saturated heterocycles. The van der Waals surface area contributed by atoms with Crippen LogP contribution in [0.25, 0.3) is 11.0 Å². The molecule has 6 rings (SSSR count). The number of hydrogen-bond acceptors (Lipinski definition) is 5. The largest absolute Gasteiger partial charge is 0.462 e. The van der Waals surface area contributed by atoms with Crippen molar-refractivity contribution in [1.82, 2.24) is 9.97 Å². The van der Waals surface area contributed by atoms with E-state index in [0.29, 0.717) is 29.9 Å². The summed E-state index contributed by atoms with van der Waals surface area (Å²) in [7, 11) is 0. The monoisotopic (exact) mass is 444 g/mol. The van der Waals surface area contributed by atoms with Crippen LogP contribution in [-0.4, -0.2) is 27.8 Å².